The third-order valence-corrected chi connectivity index (χ3v) is 4.53. The van der Waals surface area contributed by atoms with Gasteiger partial charge in [0.05, 0.1) is 9.84 Å². The van der Waals surface area contributed by atoms with Crippen LogP contribution in [-0.4, -0.2) is 6.18 Å². The summed E-state index contributed by atoms with van der Waals surface area (Å²) in [4.78, 5) is 0. The lowest BCUT2D eigenvalue weighted by Gasteiger charge is -2.30. The van der Waals surface area contributed by atoms with Crippen LogP contribution in [0.2, 0.25) is 0 Å². The Morgan fingerprint density at radius 3 is 1.42 bits per heavy atom. The summed E-state index contributed by atoms with van der Waals surface area (Å²) in [5, 5.41) is 0. The molecule has 0 fully saturated rings. The first-order valence-corrected chi connectivity index (χ1v) is 6.86. The predicted octanol–water partition coefficient (Wildman–Crippen LogP) is 5.32. The zero-order valence-corrected chi connectivity index (χ0v) is 12.1. The lowest BCUT2D eigenvalue weighted by atomic mass is 9.88. The lowest BCUT2D eigenvalue weighted by Crippen LogP contribution is -2.27. The summed E-state index contributed by atoms with van der Waals surface area (Å²) in [7, 11) is 0. The van der Waals surface area contributed by atoms with Crippen molar-refractivity contribution in [2.45, 2.75) is 16.0 Å². The van der Waals surface area contributed by atoms with E-state index in [1.54, 1.807) is 60.7 Å². The minimum Gasteiger partial charge on any atom is -0.171 e. The van der Waals surface area contributed by atoms with Crippen molar-refractivity contribution >= 4 is 22.6 Å². The maximum Gasteiger partial charge on any atom is 0.391 e. The van der Waals surface area contributed by atoms with Crippen LogP contribution >= 0.6 is 22.6 Å². The van der Waals surface area contributed by atoms with Crippen LogP contribution < -0.4 is 0 Å². The molecule has 0 aliphatic carbocycles. The van der Waals surface area contributed by atoms with E-state index in [0.29, 0.717) is 11.1 Å². The van der Waals surface area contributed by atoms with E-state index in [9.17, 15) is 13.2 Å². The molecule has 0 aliphatic heterocycles. The van der Waals surface area contributed by atoms with Gasteiger partial charge in [0, 0.05) is 0 Å². The van der Waals surface area contributed by atoms with Crippen LogP contribution in [0, 0.1) is 0 Å². The summed E-state index contributed by atoms with van der Waals surface area (Å²) in [6, 6.07) is 17.6. The quantitative estimate of drug-likeness (QED) is 0.503. The average Bonchev–Trinajstić information content (AvgIpc) is 2.39. The topological polar surface area (TPSA) is 0 Å². The molecule has 19 heavy (non-hydrogen) atoms. The van der Waals surface area contributed by atoms with Gasteiger partial charge in [-0.1, -0.05) is 83.3 Å². The Morgan fingerprint density at radius 2 is 1.11 bits per heavy atom. The van der Waals surface area contributed by atoms with Crippen molar-refractivity contribution in [3.05, 3.63) is 71.8 Å². The molecule has 2 rings (SSSR count). The number of halogens is 4. The van der Waals surface area contributed by atoms with E-state index >= 15 is 0 Å². The van der Waals surface area contributed by atoms with Crippen molar-refractivity contribution < 1.29 is 13.2 Å². The molecule has 0 nitrogen and oxygen atoms in total. The highest BCUT2D eigenvalue weighted by molar-refractivity contribution is 14.1. The summed E-state index contributed by atoms with van der Waals surface area (Å²) in [5.74, 6) is 0. The molecule has 0 amide bonds. The molecular formula is C15H12F3I. The molecule has 2 aromatic rings. The first kappa shape index (κ1) is 14.4. The standard InChI is InChI=1S/C15H12F3I/c16-15(17,18)11-14(19,12-7-3-1-4-8-12)13-9-5-2-6-10-13/h1-10H,11H2. The van der Waals surface area contributed by atoms with E-state index in [1.807, 2.05) is 22.6 Å². The van der Waals surface area contributed by atoms with E-state index in [-0.39, 0.29) is 0 Å². The zero-order chi connectivity index (χ0) is 13.9. The van der Waals surface area contributed by atoms with E-state index in [0.717, 1.165) is 0 Å². The van der Waals surface area contributed by atoms with Crippen molar-refractivity contribution in [1.29, 1.82) is 0 Å². The summed E-state index contributed by atoms with van der Waals surface area (Å²) in [6.07, 6.45) is -5.10. The van der Waals surface area contributed by atoms with Crippen LogP contribution in [0.4, 0.5) is 13.2 Å². The van der Waals surface area contributed by atoms with Crippen molar-refractivity contribution in [1.82, 2.24) is 0 Å². The molecule has 0 heterocycles. The third kappa shape index (κ3) is 3.49. The molecule has 0 unspecified atom stereocenters. The molecule has 100 valence electrons. The molecule has 0 saturated carbocycles. The van der Waals surface area contributed by atoms with Gasteiger partial charge in [-0.15, -0.1) is 0 Å². The highest BCUT2D eigenvalue weighted by atomic mass is 127. The van der Waals surface area contributed by atoms with Crippen LogP contribution in [0.25, 0.3) is 0 Å². The number of hydrogen-bond donors (Lipinski definition) is 0. The Morgan fingerprint density at radius 1 is 0.737 bits per heavy atom. The summed E-state index contributed by atoms with van der Waals surface area (Å²) >= 11 is 1.91. The van der Waals surface area contributed by atoms with Crippen molar-refractivity contribution in [2.24, 2.45) is 0 Å². The fraction of sp³-hybridized carbons (Fsp3) is 0.200. The van der Waals surface area contributed by atoms with Crippen LogP contribution in [0.3, 0.4) is 0 Å². The monoisotopic (exact) mass is 376 g/mol. The molecular weight excluding hydrogens is 364 g/mol. The predicted molar refractivity (Wildman–Crippen MR) is 78.4 cm³/mol. The van der Waals surface area contributed by atoms with Crippen molar-refractivity contribution in [2.75, 3.05) is 0 Å². The van der Waals surface area contributed by atoms with Crippen LogP contribution in [0.1, 0.15) is 17.5 Å². The second-order valence-electron chi connectivity index (χ2n) is 4.33. The molecule has 4 heteroatoms. The smallest absolute Gasteiger partial charge is 0.171 e. The van der Waals surface area contributed by atoms with Crippen LogP contribution in [-0.2, 0) is 3.42 Å². The number of alkyl halides is 4. The molecule has 0 bridgehead atoms. The van der Waals surface area contributed by atoms with Crippen LogP contribution in [0.15, 0.2) is 60.7 Å². The summed E-state index contributed by atoms with van der Waals surface area (Å²) in [5.41, 5.74) is 1.33. The first-order valence-electron chi connectivity index (χ1n) is 5.78. The molecule has 0 aromatic heterocycles. The van der Waals surface area contributed by atoms with Gasteiger partial charge in [0.15, 0.2) is 0 Å². The zero-order valence-electron chi connectivity index (χ0n) is 9.99. The first-order chi connectivity index (χ1) is 8.92. The Bertz CT molecular complexity index is 481. The number of rotatable bonds is 3. The Balaban J connectivity index is 2.51. The van der Waals surface area contributed by atoms with Crippen LogP contribution in [0.5, 0.6) is 0 Å². The van der Waals surface area contributed by atoms with Gasteiger partial charge in [-0.2, -0.15) is 13.2 Å². The Hall–Kier alpha value is -1.04. The largest absolute Gasteiger partial charge is 0.391 e. The van der Waals surface area contributed by atoms with Gasteiger partial charge >= 0.3 is 6.18 Å². The fourth-order valence-electron chi connectivity index (χ4n) is 2.05. The maximum atomic E-state index is 12.9. The molecule has 0 atom stereocenters. The van der Waals surface area contributed by atoms with Gasteiger partial charge in [-0.25, -0.2) is 0 Å². The minimum absolute atomic E-state index is 0.666. The summed E-state index contributed by atoms with van der Waals surface area (Å²) in [6.45, 7) is 0. The normalized spacial score (nSPS) is 12.4. The van der Waals surface area contributed by atoms with Gasteiger partial charge in [0.25, 0.3) is 0 Å². The van der Waals surface area contributed by atoms with Gasteiger partial charge in [0.2, 0.25) is 0 Å². The Labute approximate surface area is 123 Å². The second kappa shape index (κ2) is 5.53. The Kier molecular flexibility index (Phi) is 4.18. The van der Waals surface area contributed by atoms with E-state index in [4.69, 9.17) is 0 Å². The third-order valence-electron chi connectivity index (χ3n) is 2.91. The van der Waals surface area contributed by atoms with Gasteiger partial charge in [-0.3, -0.25) is 0 Å². The second-order valence-corrected chi connectivity index (χ2v) is 6.17. The molecule has 0 N–H and O–H groups in total. The molecule has 2 aromatic carbocycles. The van der Waals surface area contributed by atoms with E-state index in [1.165, 1.54) is 0 Å². The minimum atomic E-state index is -4.22. The fourth-order valence-corrected chi connectivity index (χ4v) is 3.20. The highest BCUT2D eigenvalue weighted by Gasteiger charge is 2.43. The number of hydrogen-bond acceptors (Lipinski definition) is 0. The number of benzene rings is 2. The van der Waals surface area contributed by atoms with Crippen molar-refractivity contribution in [3.8, 4) is 0 Å². The lowest BCUT2D eigenvalue weighted by molar-refractivity contribution is -0.138. The molecule has 0 saturated heterocycles. The van der Waals surface area contributed by atoms with Gasteiger partial charge in [-0.05, 0) is 11.1 Å². The molecule has 0 spiro atoms. The van der Waals surface area contributed by atoms with E-state index < -0.39 is 16.0 Å². The molecule has 0 radical (unpaired) electrons. The van der Waals surface area contributed by atoms with Crippen molar-refractivity contribution in [3.63, 3.8) is 0 Å². The van der Waals surface area contributed by atoms with E-state index in [2.05, 4.69) is 0 Å². The maximum absolute atomic E-state index is 12.9. The average molecular weight is 376 g/mol. The molecule has 0 aliphatic rings. The van der Waals surface area contributed by atoms with Gasteiger partial charge < -0.3 is 0 Å². The SMILES string of the molecule is FC(F)(F)CC(I)(c1ccccc1)c1ccccc1. The van der Waals surface area contributed by atoms with Gasteiger partial charge in [0.1, 0.15) is 0 Å². The highest BCUT2D eigenvalue weighted by Crippen LogP contribution is 2.46. The summed E-state index contributed by atoms with van der Waals surface area (Å²) < 4.78 is 37.7.